The Balaban J connectivity index is 1.94. The average molecular weight is 267 g/mol. The molecule has 2 aromatic heterocycles. The first kappa shape index (κ1) is 11.3. The largest absolute Gasteiger partial charge is 0.472 e. The lowest BCUT2D eigenvalue weighted by Gasteiger charge is -2.06. The van der Waals surface area contributed by atoms with Crippen LogP contribution in [0.1, 0.15) is 12.5 Å². The molecule has 3 heterocycles. The van der Waals surface area contributed by atoms with Gasteiger partial charge < -0.3 is 10.2 Å². The van der Waals surface area contributed by atoms with Crippen molar-refractivity contribution in [3.63, 3.8) is 0 Å². The van der Waals surface area contributed by atoms with Gasteiger partial charge in [0.05, 0.1) is 35.8 Å². The normalized spacial score (nSPS) is 22.3. The van der Waals surface area contributed by atoms with Crippen molar-refractivity contribution in [1.82, 2.24) is 9.78 Å². The van der Waals surface area contributed by atoms with Crippen LogP contribution < -0.4 is 5.73 Å². The van der Waals surface area contributed by atoms with Crippen molar-refractivity contribution in [3.05, 3.63) is 24.8 Å². The second kappa shape index (κ2) is 3.88. The zero-order chi connectivity index (χ0) is 12.8. The lowest BCUT2D eigenvalue weighted by atomic mass is 10.2. The number of aromatic nitrogens is 2. The van der Waals surface area contributed by atoms with E-state index >= 15 is 0 Å². The van der Waals surface area contributed by atoms with Crippen molar-refractivity contribution in [3.8, 4) is 11.3 Å². The summed E-state index contributed by atoms with van der Waals surface area (Å²) in [6.45, 7) is 0. The van der Waals surface area contributed by atoms with Gasteiger partial charge in [0.15, 0.2) is 9.84 Å². The number of nitrogens with two attached hydrogens (primary N) is 1. The van der Waals surface area contributed by atoms with E-state index in [1.165, 1.54) is 0 Å². The van der Waals surface area contributed by atoms with E-state index in [4.69, 9.17) is 10.2 Å². The minimum absolute atomic E-state index is 0.113. The number of anilines is 1. The first-order chi connectivity index (χ1) is 8.55. The number of nitrogen functional groups attached to an aromatic ring is 1. The summed E-state index contributed by atoms with van der Waals surface area (Å²) in [5.41, 5.74) is 7.85. The van der Waals surface area contributed by atoms with Gasteiger partial charge in [-0.3, -0.25) is 4.68 Å². The molecule has 2 aromatic rings. The second-order valence-corrected chi connectivity index (χ2v) is 6.71. The third-order valence-corrected chi connectivity index (χ3v) is 4.89. The van der Waals surface area contributed by atoms with Gasteiger partial charge in [0, 0.05) is 11.8 Å². The highest BCUT2D eigenvalue weighted by Crippen LogP contribution is 2.29. The molecule has 0 bridgehead atoms. The number of hydrogen-bond donors (Lipinski definition) is 1. The van der Waals surface area contributed by atoms with Crippen molar-refractivity contribution in [2.24, 2.45) is 0 Å². The fourth-order valence-electron chi connectivity index (χ4n) is 2.20. The summed E-state index contributed by atoms with van der Waals surface area (Å²) in [7, 11) is -2.92. The highest BCUT2D eigenvalue weighted by atomic mass is 32.2. The van der Waals surface area contributed by atoms with Crippen molar-refractivity contribution in [1.29, 1.82) is 0 Å². The Hall–Kier alpha value is -1.76. The van der Waals surface area contributed by atoms with Crippen LogP contribution in [0, 0.1) is 0 Å². The fraction of sp³-hybridized carbons (Fsp3) is 0.364. The topological polar surface area (TPSA) is 91.1 Å². The summed E-state index contributed by atoms with van der Waals surface area (Å²) in [6, 6.07) is 1.66. The van der Waals surface area contributed by atoms with Gasteiger partial charge in [-0.15, -0.1) is 0 Å². The van der Waals surface area contributed by atoms with Gasteiger partial charge in [-0.1, -0.05) is 0 Å². The maximum atomic E-state index is 11.4. The summed E-state index contributed by atoms with van der Waals surface area (Å²) in [6.07, 6.45) is 5.39. The Bertz CT molecular complexity index is 658. The zero-order valence-corrected chi connectivity index (χ0v) is 10.4. The molecule has 1 atom stereocenters. The molecule has 6 nitrogen and oxygen atoms in total. The highest BCUT2D eigenvalue weighted by molar-refractivity contribution is 7.91. The molecule has 1 fully saturated rings. The average Bonchev–Trinajstić information content (AvgIpc) is 2.97. The van der Waals surface area contributed by atoms with Crippen LogP contribution in [0.2, 0.25) is 0 Å². The molecule has 18 heavy (non-hydrogen) atoms. The van der Waals surface area contributed by atoms with Crippen LogP contribution in [-0.2, 0) is 9.84 Å². The maximum absolute atomic E-state index is 11.4. The molecular weight excluding hydrogens is 254 g/mol. The van der Waals surface area contributed by atoms with Gasteiger partial charge in [0.2, 0.25) is 0 Å². The predicted molar refractivity (Wildman–Crippen MR) is 66.6 cm³/mol. The van der Waals surface area contributed by atoms with Gasteiger partial charge in [0.25, 0.3) is 0 Å². The van der Waals surface area contributed by atoms with Crippen LogP contribution in [0.15, 0.2) is 29.2 Å². The molecule has 1 unspecified atom stereocenters. The van der Waals surface area contributed by atoms with E-state index in [0.29, 0.717) is 17.8 Å². The number of furan rings is 1. The first-order valence-electron chi connectivity index (χ1n) is 5.63. The van der Waals surface area contributed by atoms with Crippen LogP contribution in [0.3, 0.4) is 0 Å². The van der Waals surface area contributed by atoms with E-state index in [2.05, 4.69) is 5.10 Å². The fourth-order valence-corrected chi connectivity index (χ4v) is 3.90. The van der Waals surface area contributed by atoms with Gasteiger partial charge in [-0.05, 0) is 12.5 Å². The van der Waals surface area contributed by atoms with Crippen LogP contribution in [0.5, 0.6) is 0 Å². The van der Waals surface area contributed by atoms with Crippen molar-refractivity contribution in [2.75, 3.05) is 17.2 Å². The van der Waals surface area contributed by atoms with E-state index in [1.54, 1.807) is 29.5 Å². The SMILES string of the molecule is Nc1cn(C2CCS(=O)(=O)C2)nc1-c1ccoc1. The van der Waals surface area contributed by atoms with Gasteiger partial charge in [-0.2, -0.15) is 5.10 Å². The molecule has 0 aromatic carbocycles. The second-order valence-electron chi connectivity index (χ2n) is 4.48. The van der Waals surface area contributed by atoms with E-state index in [0.717, 1.165) is 5.56 Å². The Morgan fingerprint density at radius 2 is 2.33 bits per heavy atom. The third kappa shape index (κ3) is 1.90. The summed E-state index contributed by atoms with van der Waals surface area (Å²) in [5, 5.41) is 4.37. The Morgan fingerprint density at radius 3 is 2.94 bits per heavy atom. The minimum atomic E-state index is -2.92. The molecule has 1 saturated heterocycles. The summed E-state index contributed by atoms with van der Waals surface area (Å²) < 4.78 is 29.5. The Kier molecular flexibility index (Phi) is 2.44. The maximum Gasteiger partial charge on any atom is 0.152 e. The Morgan fingerprint density at radius 1 is 1.50 bits per heavy atom. The number of hydrogen-bond acceptors (Lipinski definition) is 5. The van der Waals surface area contributed by atoms with Gasteiger partial charge in [0.1, 0.15) is 5.69 Å². The number of nitrogens with zero attached hydrogens (tertiary/aromatic N) is 2. The highest BCUT2D eigenvalue weighted by Gasteiger charge is 2.30. The molecule has 0 radical (unpaired) electrons. The van der Waals surface area contributed by atoms with Crippen molar-refractivity contribution < 1.29 is 12.8 Å². The molecule has 1 aliphatic heterocycles. The van der Waals surface area contributed by atoms with E-state index < -0.39 is 9.84 Å². The molecule has 3 rings (SSSR count). The monoisotopic (exact) mass is 267 g/mol. The molecule has 7 heteroatoms. The molecule has 0 spiro atoms. The van der Waals surface area contributed by atoms with Crippen LogP contribution in [0.25, 0.3) is 11.3 Å². The smallest absolute Gasteiger partial charge is 0.152 e. The van der Waals surface area contributed by atoms with Crippen LogP contribution >= 0.6 is 0 Å². The molecular formula is C11H13N3O3S. The Labute approximate surface area is 104 Å². The minimum Gasteiger partial charge on any atom is -0.472 e. The van der Waals surface area contributed by atoms with E-state index in [-0.39, 0.29) is 17.5 Å². The molecule has 0 saturated carbocycles. The summed E-state index contributed by atoms with van der Waals surface area (Å²) >= 11 is 0. The lowest BCUT2D eigenvalue weighted by molar-refractivity contribution is 0.501. The predicted octanol–water partition coefficient (Wildman–Crippen LogP) is 1.08. The van der Waals surface area contributed by atoms with Crippen molar-refractivity contribution >= 4 is 15.5 Å². The quantitative estimate of drug-likeness (QED) is 0.879. The van der Waals surface area contributed by atoms with Crippen LogP contribution in [-0.4, -0.2) is 29.7 Å². The van der Waals surface area contributed by atoms with E-state index in [9.17, 15) is 8.42 Å². The molecule has 0 aliphatic carbocycles. The number of sulfone groups is 1. The first-order valence-corrected chi connectivity index (χ1v) is 7.45. The van der Waals surface area contributed by atoms with Crippen molar-refractivity contribution in [2.45, 2.75) is 12.5 Å². The summed E-state index contributed by atoms with van der Waals surface area (Å²) in [4.78, 5) is 0. The number of rotatable bonds is 2. The lowest BCUT2D eigenvalue weighted by Crippen LogP contribution is -2.11. The molecule has 2 N–H and O–H groups in total. The third-order valence-electron chi connectivity index (χ3n) is 3.14. The molecule has 1 aliphatic rings. The zero-order valence-electron chi connectivity index (χ0n) is 9.61. The van der Waals surface area contributed by atoms with Crippen LogP contribution in [0.4, 0.5) is 5.69 Å². The van der Waals surface area contributed by atoms with Gasteiger partial charge >= 0.3 is 0 Å². The molecule has 96 valence electrons. The standard InChI is InChI=1S/C11H13N3O3S/c12-10-5-14(9-2-4-18(15,16)7-9)13-11(10)8-1-3-17-6-8/h1,3,5-6,9H,2,4,7,12H2. The summed E-state index contributed by atoms with van der Waals surface area (Å²) in [5.74, 6) is 0.359. The van der Waals surface area contributed by atoms with E-state index in [1.807, 2.05) is 0 Å². The molecule has 0 amide bonds. The van der Waals surface area contributed by atoms with Gasteiger partial charge in [-0.25, -0.2) is 8.42 Å².